The van der Waals surface area contributed by atoms with E-state index >= 15 is 0 Å². The van der Waals surface area contributed by atoms with Crippen molar-refractivity contribution in [1.29, 1.82) is 0 Å². The summed E-state index contributed by atoms with van der Waals surface area (Å²) in [5, 5.41) is 0.814. The fraction of sp³-hybridized carbons (Fsp3) is 0.625. The molecule has 0 saturated carbocycles. The van der Waals surface area contributed by atoms with Gasteiger partial charge < -0.3 is 5.73 Å². The summed E-state index contributed by atoms with van der Waals surface area (Å²) in [6, 6.07) is 9.16. The van der Waals surface area contributed by atoms with Crippen LogP contribution >= 0.6 is 11.6 Å². The molecule has 2 nitrogen and oxygen atoms in total. The van der Waals surface area contributed by atoms with Crippen molar-refractivity contribution >= 4 is 11.6 Å². The predicted octanol–water partition coefficient (Wildman–Crippen LogP) is 3.85. The van der Waals surface area contributed by atoms with E-state index in [4.69, 9.17) is 17.3 Å². The molecule has 3 heteroatoms. The Balaban J connectivity index is 2.01. The Labute approximate surface area is 121 Å². The second-order valence-corrected chi connectivity index (χ2v) is 6.14. The zero-order valence-corrected chi connectivity index (χ0v) is 12.7. The molecule has 0 radical (unpaired) electrons. The van der Waals surface area contributed by atoms with E-state index in [0.29, 0.717) is 18.0 Å². The molecule has 0 aliphatic carbocycles. The van der Waals surface area contributed by atoms with Gasteiger partial charge >= 0.3 is 0 Å². The van der Waals surface area contributed by atoms with Gasteiger partial charge in [0.2, 0.25) is 0 Å². The van der Waals surface area contributed by atoms with Gasteiger partial charge in [-0.3, -0.25) is 4.90 Å². The number of benzene rings is 1. The fourth-order valence-electron chi connectivity index (χ4n) is 3.15. The minimum atomic E-state index is 0.331. The molecule has 1 aliphatic rings. The average molecular weight is 281 g/mol. The number of halogens is 1. The molecule has 1 aliphatic heterocycles. The summed E-state index contributed by atoms with van der Waals surface area (Å²) < 4.78 is 0. The molecule has 0 amide bonds. The quantitative estimate of drug-likeness (QED) is 0.908. The highest BCUT2D eigenvalue weighted by Crippen LogP contribution is 2.30. The first kappa shape index (κ1) is 14.8. The molecule has 1 aromatic carbocycles. The third-order valence-electron chi connectivity index (χ3n) is 4.40. The summed E-state index contributed by atoms with van der Waals surface area (Å²) in [5.41, 5.74) is 7.40. The number of piperidine rings is 1. The largest absolute Gasteiger partial charge is 0.328 e. The summed E-state index contributed by atoms with van der Waals surface area (Å²) >= 11 is 5.97. The van der Waals surface area contributed by atoms with Gasteiger partial charge in [-0.1, -0.05) is 30.7 Å². The molecule has 0 bridgehead atoms. The first-order valence-electron chi connectivity index (χ1n) is 7.37. The van der Waals surface area contributed by atoms with Crippen molar-refractivity contribution in [2.24, 2.45) is 11.7 Å². The zero-order valence-electron chi connectivity index (χ0n) is 12.0. The topological polar surface area (TPSA) is 29.3 Å². The maximum atomic E-state index is 6.02. The maximum absolute atomic E-state index is 6.02. The Hall–Kier alpha value is -0.570. The van der Waals surface area contributed by atoms with Gasteiger partial charge in [0.15, 0.2) is 0 Å². The Morgan fingerprint density at radius 3 is 2.32 bits per heavy atom. The van der Waals surface area contributed by atoms with Crippen LogP contribution in [0.1, 0.15) is 44.7 Å². The van der Waals surface area contributed by atoms with Gasteiger partial charge in [-0.2, -0.15) is 0 Å². The summed E-state index contributed by atoms with van der Waals surface area (Å²) in [5.74, 6) is 0.693. The lowest BCUT2D eigenvalue weighted by Gasteiger charge is -2.38. The van der Waals surface area contributed by atoms with E-state index in [9.17, 15) is 0 Å². The highest BCUT2D eigenvalue weighted by atomic mass is 35.5. The number of rotatable bonds is 4. The van der Waals surface area contributed by atoms with Crippen molar-refractivity contribution in [3.8, 4) is 0 Å². The lowest BCUT2D eigenvalue weighted by Crippen LogP contribution is -2.41. The zero-order chi connectivity index (χ0) is 13.8. The van der Waals surface area contributed by atoms with Gasteiger partial charge in [-0.25, -0.2) is 0 Å². The maximum Gasteiger partial charge on any atom is 0.0406 e. The Morgan fingerprint density at radius 1 is 1.26 bits per heavy atom. The van der Waals surface area contributed by atoms with Crippen LogP contribution in [0.2, 0.25) is 5.02 Å². The van der Waals surface area contributed by atoms with Crippen LogP contribution in [0.15, 0.2) is 24.3 Å². The standard InChI is InChI=1S/C16H25ClN2/c1-3-16(14-4-6-15(17)7-5-14)19-10-8-13(9-11-19)12(2)18/h4-7,12-13,16H,3,8-11,18H2,1-2H3. The molecular formula is C16H25ClN2. The molecule has 2 N–H and O–H groups in total. The van der Waals surface area contributed by atoms with Gasteiger partial charge in [0, 0.05) is 17.1 Å². The van der Waals surface area contributed by atoms with Crippen LogP contribution in [0, 0.1) is 5.92 Å². The first-order valence-corrected chi connectivity index (χ1v) is 7.74. The van der Waals surface area contributed by atoms with E-state index in [1.165, 1.54) is 18.4 Å². The van der Waals surface area contributed by atoms with E-state index < -0.39 is 0 Å². The molecule has 19 heavy (non-hydrogen) atoms. The van der Waals surface area contributed by atoms with Gasteiger partial charge in [-0.05, 0) is 62.9 Å². The van der Waals surface area contributed by atoms with Crippen LogP contribution < -0.4 is 5.73 Å². The molecule has 0 spiro atoms. The minimum absolute atomic E-state index is 0.331. The van der Waals surface area contributed by atoms with Crippen molar-refractivity contribution < 1.29 is 0 Å². The van der Waals surface area contributed by atoms with Gasteiger partial charge in [0.25, 0.3) is 0 Å². The molecule has 2 rings (SSSR count). The number of nitrogens with zero attached hydrogens (tertiary/aromatic N) is 1. The number of hydrogen-bond donors (Lipinski definition) is 1. The average Bonchev–Trinajstić information content (AvgIpc) is 2.42. The van der Waals surface area contributed by atoms with Crippen LogP contribution in [0.3, 0.4) is 0 Å². The monoisotopic (exact) mass is 280 g/mol. The molecule has 1 heterocycles. The second-order valence-electron chi connectivity index (χ2n) is 5.71. The summed E-state index contributed by atoms with van der Waals surface area (Å²) in [7, 11) is 0. The van der Waals surface area contributed by atoms with Crippen LogP contribution in [0.25, 0.3) is 0 Å². The molecule has 1 fully saturated rings. The third kappa shape index (κ3) is 3.71. The fourth-order valence-corrected chi connectivity index (χ4v) is 3.27. The van der Waals surface area contributed by atoms with Crippen LogP contribution in [-0.2, 0) is 0 Å². The van der Waals surface area contributed by atoms with Crippen molar-refractivity contribution in [1.82, 2.24) is 4.90 Å². The van der Waals surface area contributed by atoms with Gasteiger partial charge in [-0.15, -0.1) is 0 Å². The van der Waals surface area contributed by atoms with Gasteiger partial charge in [0.1, 0.15) is 0 Å². The molecule has 0 aromatic heterocycles. The van der Waals surface area contributed by atoms with Crippen LogP contribution in [0.4, 0.5) is 0 Å². The summed E-state index contributed by atoms with van der Waals surface area (Å²) in [6.07, 6.45) is 3.59. The molecular weight excluding hydrogens is 256 g/mol. The van der Waals surface area contributed by atoms with Crippen molar-refractivity contribution in [3.63, 3.8) is 0 Å². The highest BCUT2D eigenvalue weighted by molar-refractivity contribution is 6.30. The van der Waals surface area contributed by atoms with E-state index in [-0.39, 0.29) is 0 Å². The van der Waals surface area contributed by atoms with E-state index in [1.807, 2.05) is 12.1 Å². The number of likely N-dealkylation sites (tertiary alicyclic amines) is 1. The summed E-state index contributed by atoms with van der Waals surface area (Å²) in [6.45, 7) is 6.72. The van der Waals surface area contributed by atoms with E-state index in [0.717, 1.165) is 24.5 Å². The SMILES string of the molecule is CCC(c1ccc(Cl)cc1)N1CCC(C(C)N)CC1. The molecule has 2 atom stereocenters. The molecule has 106 valence electrons. The Bertz CT molecular complexity index is 380. The highest BCUT2D eigenvalue weighted by Gasteiger charge is 2.26. The normalized spacial score (nSPS) is 21.3. The third-order valence-corrected chi connectivity index (χ3v) is 4.65. The molecule has 1 saturated heterocycles. The van der Waals surface area contributed by atoms with Crippen LogP contribution in [0.5, 0.6) is 0 Å². The Morgan fingerprint density at radius 2 is 1.84 bits per heavy atom. The number of hydrogen-bond acceptors (Lipinski definition) is 2. The van der Waals surface area contributed by atoms with E-state index in [2.05, 4.69) is 30.9 Å². The molecule has 1 aromatic rings. The van der Waals surface area contributed by atoms with E-state index in [1.54, 1.807) is 0 Å². The predicted molar refractivity (Wildman–Crippen MR) is 82.4 cm³/mol. The summed E-state index contributed by atoms with van der Waals surface area (Å²) in [4.78, 5) is 2.60. The number of nitrogens with two attached hydrogens (primary N) is 1. The smallest absolute Gasteiger partial charge is 0.0406 e. The van der Waals surface area contributed by atoms with Crippen molar-refractivity contribution in [2.45, 2.75) is 45.2 Å². The van der Waals surface area contributed by atoms with Gasteiger partial charge in [0.05, 0.1) is 0 Å². The minimum Gasteiger partial charge on any atom is -0.328 e. The van der Waals surface area contributed by atoms with Crippen LogP contribution in [-0.4, -0.2) is 24.0 Å². The lowest BCUT2D eigenvalue weighted by atomic mass is 9.89. The van der Waals surface area contributed by atoms with Crippen molar-refractivity contribution in [3.05, 3.63) is 34.9 Å². The Kier molecular flexibility index (Phi) is 5.26. The van der Waals surface area contributed by atoms with Crippen molar-refractivity contribution in [2.75, 3.05) is 13.1 Å². The lowest BCUT2D eigenvalue weighted by molar-refractivity contribution is 0.121. The second kappa shape index (κ2) is 6.74. The first-order chi connectivity index (χ1) is 9.11. The molecule has 2 unspecified atom stereocenters.